The number of benzene rings is 2. The molecule has 1 heterocycles. The lowest BCUT2D eigenvalue weighted by molar-refractivity contribution is 1.23. The first kappa shape index (κ1) is 11.8. The Labute approximate surface area is 113 Å². The molecule has 3 aromatic rings. The SMILES string of the molecule is C/C=C\C(=C/C)n1c2ccccc2c2ccccc21. The Hall–Kier alpha value is -2.28. The van der Waals surface area contributed by atoms with Gasteiger partial charge < -0.3 is 4.57 Å². The average molecular weight is 247 g/mol. The molecule has 0 aliphatic rings. The van der Waals surface area contributed by atoms with Crippen molar-refractivity contribution in [1.82, 2.24) is 4.57 Å². The number of fused-ring (bicyclic) bond motifs is 3. The fraction of sp³-hybridized carbons (Fsp3) is 0.111. The van der Waals surface area contributed by atoms with Crippen LogP contribution in [0.4, 0.5) is 0 Å². The smallest absolute Gasteiger partial charge is 0.0540 e. The van der Waals surface area contributed by atoms with Gasteiger partial charge in [0.15, 0.2) is 0 Å². The fourth-order valence-electron chi connectivity index (χ4n) is 2.67. The van der Waals surface area contributed by atoms with E-state index in [0.717, 1.165) is 0 Å². The van der Waals surface area contributed by atoms with Gasteiger partial charge in [0.25, 0.3) is 0 Å². The van der Waals surface area contributed by atoms with Gasteiger partial charge in [0.1, 0.15) is 0 Å². The van der Waals surface area contributed by atoms with Crippen LogP contribution in [-0.2, 0) is 0 Å². The molecule has 0 spiro atoms. The quantitative estimate of drug-likeness (QED) is 0.546. The van der Waals surface area contributed by atoms with Crippen LogP contribution in [-0.4, -0.2) is 4.57 Å². The fourth-order valence-corrected chi connectivity index (χ4v) is 2.67. The Morgan fingerprint density at radius 1 is 0.842 bits per heavy atom. The molecule has 94 valence electrons. The van der Waals surface area contributed by atoms with Gasteiger partial charge in [-0.25, -0.2) is 0 Å². The molecule has 2 aromatic carbocycles. The van der Waals surface area contributed by atoms with Crippen LogP contribution in [0, 0.1) is 0 Å². The highest BCUT2D eigenvalue weighted by atomic mass is 15.0. The van der Waals surface area contributed by atoms with E-state index in [0.29, 0.717) is 0 Å². The second-order valence-electron chi connectivity index (χ2n) is 4.58. The highest BCUT2D eigenvalue weighted by Gasteiger charge is 2.10. The highest BCUT2D eigenvalue weighted by molar-refractivity contribution is 6.10. The molecule has 0 aliphatic carbocycles. The van der Waals surface area contributed by atoms with Gasteiger partial charge in [0, 0.05) is 16.5 Å². The summed E-state index contributed by atoms with van der Waals surface area (Å²) < 4.78 is 2.32. The van der Waals surface area contributed by atoms with Gasteiger partial charge in [-0.2, -0.15) is 0 Å². The van der Waals surface area contributed by atoms with Crippen molar-refractivity contribution in [3.8, 4) is 0 Å². The molecular weight excluding hydrogens is 230 g/mol. The van der Waals surface area contributed by atoms with E-state index in [1.54, 1.807) is 0 Å². The van der Waals surface area contributed by atoms with Crippen LogP contribution < -0.4 is 0 Å². The van der Waals surface area contributed by atoms with E-state index in [1.807, 2.05) is 0 Å². The third-order valence-electron chi connectivity index (χ3n) is 3.47. The lowest BCUT2D eigenvalue weighted by Crippen LogP contribution is -1.93. The molecule has 0 unspecified atom stereocenters. The molecule has 1 heteroatoms. The average Bonchev–Trinajstić information content (AvgIpc) is 2.80. The maximum atomic E-state index is 2.32. The Balaban J connectivity index is 2.50. The summed E-state index contributed by atoms with van der Waals surface area (Å²) in [5.41, 5.74) is 3.73. The third-order valence-corrected chi connectivity index (χ3v) is 3.47. The monoisotopic (exact) mass is 247 g/mol. The van der Waals surface area contributed by atoms with E-state index in [4.69, 9.17) is 0 Å². The van der Waals surface area contributed by atoms with E-state index < -0.39 is 0 Å². The summed E-state index contributed by atoms with van der Waals surface area (Å²) in [4.78, 5) is 0. The maximum Gasteiger partial charge on any atom is 0.0540 e. The van der Waals surface area contributed by atoms with Gasteiger partial charge >= 0.3 is 0 Å². The largest absolute Gasteiger partial charge is 0.310 e. The van der Waals surface area contributed by atoms with Gasteiger partial charge in [0.2, 0.25) is 0 Å². The van der Waals surface area contributed by atoms with E-state index in [1.165, 1.54) is 27.5 Å². The van der Waals surface area contributed by atoms with Crippen molar-refractivity contribution in [1.29, 1.82) is 0 Å². The number of aromatic nitrogens is 1. The zero-order valence-corrected chi connectivity index (χ0v) is 11.3. The van der Waals surface area contributed by atoms with E-state index in [-0.39, 0.29) is 0 Å². The minimum atomic E-state index is 1.21. The van der Waals surface area contributed by atoms with Gasteiger partial charge in [0.05, 0.1) is 11.0 Å². The summed E-state index contributed by atoms with van der Waals surface area (Å²) in [6, 6.07) is 17.1. The molecule has 19 heavy (non-hydrogen) atoms. The van der Waals surface area contributed by atoms with Gasteiger partial charge in [-0.15, -0.1) is 0 Å². The molecule has 3 rings (SSSR count). The number of hydrogen-bond acceptors (Lipinski definition) is 0. The highest BCUT2D eigenvalue weighted by Crippen LogP contribution is 2.31. The van der Waals surface area contributed by atoms with Crippen LogP contribution in [0.5, 0.6) is 0 Å². The molecule has 1 aromatic heterocycles. The summed E-state index contributed by atoms with van der Waals surface area (Å²) >= 11 is 0. The summed E-state index contributed by atoms with van der Waals surface area (Å²) in [5.74, 6) is 0. The van der Waals surface area contributed by atoms with E-state index >= 15 is 0 Å². The Bertz CT molecular complexity index is 734. The van der Waals surface area contributed by atoms with Crippen molar-refractivity contribution in [2.45, 2.75) is 13.8 Å². The van der Waals surface area contributed by atoms with Crippen molar-refractivity contribution in [3.05, 3.63) is 66.8 Å². The molecule has 0 saturated heterocycles. The molecule has 0 fully saturated rings. The third kappa shape index (κ3) is 1.78. The number of para-hydroxylation sites is 2. The number of rotatable bonds is 2. The summed E-state index contributed by atoms with van der Waals surface area (Å²) in [5, 5.41) is 2.61. The maximum absolute atomic E-state index is 2.32. The molecule has 0 bridgehead atoms. The first-order valence-corrected chi connectivity index (χ1v) is 6.64. The van der Waals surface area contributed by atoms with Crippen LogP contribution in [0.2, 0.25) is 0 Å². The predicted molar refractivity (Wildman–Crippen MR) is 84.2 cm³/mol. The van der Waals surface area contributed by atoms with Crippen molar-refractivity contribution in [2.24, 2.45) is 0 Å². The molecule has 0 amide bonds. The first-order valence-electron chi connectivity index (χ1n) is 6.64. The molecule has 0 saturated carbocycles. The molecule has 0 radical (unpaired) electrons. The Morgan fingerprint density at radius 2 is 1.37 bits per heavy atom. The van der Waals surface area contributed by atoms with Crippen LogP contribution in [0.15, 0.2) is 66.8 Å². The molecule has 1 nitrogen and oxygen atoms in total. The topological polar surface area (TPSA) is 4.93 Å². The van der Waals surface area contributed by atoms with Crippen LogP contribution in [0.25, 0.3) is 27.5 Å². The Kier molecular flexibility index (Phi) is 2.96. The number of hydrogen-bond donors (Lipinski definition) is 0. The summed E-state index contributed by atoms with van der Waals surface area (Å²) in [7, 11) is 0. The van der Waals surface area contributed by atoms with Crippen LogP contribution in [0.3, 0.4) is 0 Å². The lowest BCUT2D eigenvalue weighted by Gasteiger charge is -2.08. The number of nitrogens with zero attached hydrogens (tertiary/aromatic N) is 1. The minimum Gasteiger partial charge on any atom is -0.310 e. The van der Waals surface area contributed by atoms with Gasteiger partial charge in [-0.05, 0) is 32.1 Å². The lowest BCUT2D eigenvalue weighted by atomic mass is 10.2. The molecular formula is C18H17N. The molecule has 0 N–H and O–H groups in total. The standard InChI is InChI=1S/C18H17N/c1-3-9-14(4-2)19-17-12-7-5-10-15(17)16-11-6-8-13-18(16)19/h3-13H,1-2H3/b9-3-,14-4+. The molecule has 0 atom stereocenters. The van der Waals surface area contributed by atoms with Crippen molar-refractivity contribution in [3.63, 3.8) is 0 Å². The van der Waals surface area contributed by atoms with Crippen LogP contribution >= 0.6 is 0 Å². The minimum absolute atomic E-state index is 1.21. The second-order valence-corrected chi connectivity index (χ2v) is 4.58. The van der Waals surface area contributed by atoms with E-state index in [2.05, 4.69) is 85.2 Å². The van der Waals surface area contributed by atoms with Crippen molar-refractivity contribution >= 4 is 27.5 Å². The summed E-state index contributed by atoms with van der Waals surface area (Å²) in [6.07, 6.45) is 6.39. The second kappa shape index (κ2) is 4.77. The van der Waals surface area contributed by atoms with Crippen LogP contribution in [0.1, 0.15) is 13.8 Å². The predicted octanol–water partition coefficient (Wildman–Crippen LogP) is 5.23. The molecule has 0 aliphatic heterocycles. The van der Waals surface area contributed by atoms with Crippen molar-refractivity contribution < 1.29 is 0 Å². The van der Waals surface area contributed by atoms with Gasteiger partial charge in [-0.3, -0.25) is 0 Å². The first-order chi connectivity index (χ1) is 9.36. The van der Waals surface area contributed by atoms with Crippen molar-refractivity contribution in [2.75, 3.05) is 0 Å². The number of allylic oxidation sites excluding steroid dienone is 4. The van der Waals surface area contributed by atoms with Gasteiger partial charge in [-0.1, -0.05) is 48.6 Å². The zero-order valence-electron chi connectivity index (χ0n) is 11.3. The normalized spacial score (nSPS) is 12.8. The van der Waals surface area contributed by atoms with E-state index in [9.17, 15) is 0 Å². The zero-order chi connectivity index (χ0) is 13.2. The Morgan fingerprint density at radius 3 is 1.84 bits per heavy atom. The summed E-state index contributed by atoms with van der Waals surface area (Å²) in [6.45, 7) is 4.14.